The molecule has 1 aromatic heterocycles. The van der Waals surface area contributed by atoms with E-state index in [1.807, 2.05) is 44.2 Å². The number of carbonyl (C=O) groups is 1. The van der Waals surface area contributed by atoms with Crippen LogP contribution in [0, 0.1) is 6.92 Å². The number of amides is 1. The van der Waals surface area contributed by atoms with E-state index in [0.29, 0.717) is 10.8 Å². The van der Waals surface area contributed by atoms with Crippen LogP contribution in [-0.4, -0.2) is 29.4 Å². The Labute approximate surface area is 156 Å². The Kier molecular flexibility index (Phi) is 5.25. The van der Waals surface area contributed by atoms with Crippen molar-refractivity contribution in [3.05, 3.63) is 58.1 Å². The van der Waals surface area contributed by atoms with Crippen LogP contribution in [0.25, 0.3) is 10.2 Å². The molecule has 0 aliphatic rings. The molecule has 0 bridgehead atoms. The molecule has 0 radical (unpaired) electrons. The van der Waals surface area contributed by atoms with Gasteiger partial charge in [0, 0.05) is 12.1 Å². The van der Waals surface area contributed by atoms with Crippen molar-refractivity contribution in [2.45, 2.75) is 19.9 Å². The van der Waals surface area contributed by atoms with Gasteiger partial charge in [0.1, 0.15) is 10.8 Å². The van der Waals surface area contributed by atoms with E-state index >= 15 is 0 Å². The van der Waals surface area contributed by atoms with Crippen LogP contribution >= 0.6 is 22.9 Å². The number of halogens is 1. The van der Waals surface area contributed by atoms with Crippen LogP contribution in [0.15, 0.2) is 42.5 Å². The van der Waals surface area contributed by atoms with Gasteiger partial charge in [0.15, 0.2) is 6.61 Å². The molecule has 2 aromatic carbocycles. The SMILES string of the molecule is Cc1cc(Cl)ccc1OCC(=O)N(C)[C@@H](C)c1nc2ccccc2s1. The Balaban J connectivity index is 1.66. The molecule has 3 rings (SSSR count). The molecular weight excluding hydrogens is 356 g/mol. The molecule has 3 aromatic rings. The molecule has 0 unspecified atom stereocenters. The Hall–Kier alpha value is -2.11. The van der Waals surface area contributed by atoms with E-state index in [4.69, 9.17) is 16.3 Å². The second kappa shape index (κ2) is 7.42. The fraction of sp³-hybridized carbons (Fsp3) is 0.263. The summed E-state index contributed by atoms with van der Waals surface area (Å²) in [5.74, 6) is 0.569. The Bertz CT molecular complexity index is 876. The number of aryl methyl sites for hydroxylation is 1. The lowest BCUT2D eigenvalue weighted by atomic mass is 10.2. The topological polar surface area (TPSA) is 42.4 Å². The summed E-state index contributed by atoms with van der Waals surface area (Å²) in [6.45, 7) is 3.86. The molecule has 0 aliphatic heterocycles. The standard InChI is InChI=1S/C19H19ClN2O2S/c1-12-10-14(20)8-9-16(12)24-11-18(23)22(3)13(2)19-21-15-6-4-5-7-17(15)25-19/h4-10,13H,11H2,1-3H3/t13-/m0/s1. The predicted octanol–water partition coefficient (Wildman–Crippen LogP) is 4.86. The highest BCUT2D eigenvalue weighted by Gasteiger charge is 2.21. The van der Waals surface area contributed by atoms with Crippen LogP contribution in [0.3, 0.4) is 0 Å². The number of fused-ring (bicyclic) bond motifs is 1. The van der Waals surface area contributed by atoms with Crippen molar-refractivity contribution in [3.63, 3.8) is 0 Å². The summed E-state index contributed by atoms with van der Waals surface area (Å²) in [6, 6.07) is 13.2. The Morgan fingerprint density at radius 2 is 2.08 bits per heavy atom. The molecule has 1 amide bonds. The van der Waals surface area contributed by atoms with Gasteiger partial charge in [-0.1, -0.05) is 23.7 Å². The first-order chi connectivity index (χ1) is 12.0. The third kappa shape index (κ3) is 3.94. The molecule has 6 heteroatoms. The minimum atomic E-state index is -0.111. The molecule has 0 N–H and O–H groups in total. The number of carbonyl (C=O) groups excluding carboxylic acids is 1. The van der Waals surface area contributed by atoms with E-state index in [0.717, 1.165) is 20.8 Å². The van der Waals surface area contributed by atoms with Gasteiger partial charge in [0.2, 0.25) is 0 Å². The molecular formula is C19H19ClN2O2S. The smallest absolute Gasteiger partial charge is 0.260 e. The van der Waals surface area contributed by atoms with E-state index in [9.17, 15) is 4.79 Å². The van der Waals surface area contributed by atoms with Crippen LogP contribution in [0.4, 0.5) is 0 Å². The first-order valence-electron chi connectivity index (χ1n) is 7.96. The molecule has 0 aliphatic carbocycles. The summed E-state index contributed by atoms with van der Waals surface area (Å²) >= 11 is 7.55. The van der Waals surface area contributed by atoms with Gasteiger partial charge in [-0.2, -0.15) is 0 Å². The zero-order valence-corrected chi connectivity index (χ0v) is 15.9. The quantitative estimate of drug-likeness (QED) is 0.640. The summed E-state index contributed by atoms with van der Waals surface area (Å²) in [7, 11) is 1.77. The van der Waals surface area contributed by atoms with Gasteiger partial charge in [0.05, 0.1) is 16.3 Å². The number of aromatic nitrogens is 1. The first-order valence-corrected chi connectivity index (χ1v) is 9.15. The maximum Gasteiger partial charge on any atom is 0.260 e. The predicted molar refractivity (Wildman–Crippen MR) is 102 cm³/mol. The average Bonchev–Trinajstić information content (AvgIpc) is 3.03. The van der Waals surface area contributed by atoms with Crippen LogP contribution in [0.1, 0.15) is 23.5 Å². The molecule has 0 saturated heterocycles. The van der Waals surface area contributed by atoms with Crippen LogP contribution in [0.5, 0.6) is 5.75 Å². The number of para-hydroxylation sites is 1. The van der Waals surface area contributed by atoms with E-state index in [2.05, 4.69) is 4.98 Å². The van der Waals surface area contributed by atoms with E-state index in [1.165, 1.54) is 0 Å². The number of hydrogen-bond acceptors (Lipinski definition) is 4. The number of nitrogens with zero attached hydrogens (tertiary/aromatic N) is 2. The third-order valence-electron chi connectivity index (χ3n) is 4.13. The van der Waals surface area contributed by atoms with Crippen molar-refractivity contribution >= 4 is 39.1 Å². The van der Waals surface area contributed by atoms with Gasteiger partial charge in [-0.05, 0) is 49.7 Å². The van der Waals surface area contributed by atoms with Crippen LogP contribution in [0.2, 0.25) is 5.02 Å². The lowest BCUT2D eigenvalue weighted by molar-refractivity contribution is -0.134. The number of likely N-dealkylation sites (N-methyl/N-ethyl adjacent to an activating group) is 1. The first kappa shape index (κ1) is 17.7. The third-order valence-corrected chi connectivity index (χ3v) is 5.57. The van der Waals surface area contributed by atoms with Crippen molar-refractivity contribution in [2.24, 2.45) is 0 Å². The lowest BCUT2D eigenvalue weighted by Gasteiger charge is -2.23. The Morgan fingerprint density at radius 3 is 2.80 bits per heavy atom. The fourth-order valence-corrected chi connectivity index (χ4v) is 3.76. The number of hydrogen-bond donors (Lipinski definition) is 0. The minimum absolute atomic E-state index is 0.0196. The van der Waals surface area contributed by atoms with Crippen molar-refractivity contribution in [1.82, 2.24) is 9.88 Å². The molecule has 0 saturated carbocycles. The highest BCUT2D eigenvalue weighted by Crippen LogP contribution is 2.29. The maximum atomic E-state index is 12.5. The van der Waals surface area contributed by atoms with Crippen molar-refractivity contribution in [1.29, 1.82) is 0 Å². The molecule has 1 atom stereocenters. The maximum absolute atomic E-state index is 12.5. The number of rotatable bonds is 5. The van der Waals surface area contributed by atoms with Gasteiger partial charge in [-0.3, -0.25) is 4.79 Å². The molecule has 25 heavy (non-hydrogen) atoms. The summed E-state index contributed by atoms with van der Waals surface area (Å²) in [4.78, 5) is 18.8. The number of benzene rings is 2. The average molecular weight is 375 g/mol. The summed E-state index contributed by atoms with van der Waals surface area (Å²) in [5, 5.41) is 1.57. The van der Waals surface area contributed by atoms with E-state index < -0.39 is 0 Å². The van der Waals surface area contributed by atoms with Gasteiger partial charge in [0.25, 0.3) is 5.91 Å². The van der Waals surface area contributed by atoms with Crippen LogP contribution < -0.4 is 4.74 Å². The second-order valence-electron chi connectivity index (χ2n) is 5.90. The Morgan fingerprint density at radius 1 is 1.32 bits per heavy atom. The lowest BCUT2D eigenvalue weighted by Crippen LogP contribution is -2.33. The van der Waals surface area contributed by atoms with Gasteiger partial charge in [-0.15, -0.1) is 11.3 Å². The summed E-state index contributed by atoms with van der Waals surface area (Å²) in [6.07, 6.45) is 0. The van der Waals surface area contributed by atoms with Crippen molar-refractivity contribution in [2.75, 3.05) is 13.7 Å². The second-order valence-corrected chi connectivity index (χ2v) is 7.40. The molecule has 0 fully saturated rings. The van der Waals surface area contributed by atoms with E-state index in [-0.39, 0.29) is 18.6 Å². The molecule has 4 nitrogen and oxygen atoms in total. The minimum Gasteiger partial charge on any atom is -0.483 e. The zero-order valence-electron chi connectivity index (χ0n) is 14.3. The summed E-state index contributed by atoms with van der Waals surface area (Å²) in [5.41, 5.74) is 1.87. The highest BCUT2D eigenvalue weighted by atomic mass is 35.5. The zero-order chi connectivity index (χ0) is 18.0. The largest absolute Gasteiger partial charge is 0.483 e. The summed E-state index contributed by atoms with van der Waals surface area (Å²) < 4.78 is 6.78. The normalized spacial score (nSPS) is 12.2. The van der Waals surface area contributed by atoms with Crippen LogP contribution in [-0.2, 0) is 4.79 Å². The monoisotopic (exact) mass is 374 g/mol. The number of thiazole rings is 1. The van der Waals surface area contributed by atoms with E-state index in [1.54, 1.807) is 35.4 Å². The van der Waals surface area contributed by atoms with Gasteiger partial charge >= 0.3 is 0 Å². The van der Waals surface area contributed by atoms with Gasteiger partial charge in [-0.25, -0.2) is 4.98 Å². The van der Waals surface area contributed by atoms with Crippen molar-refractivity contribution in [3.8, 4) is 5.75 Å². The van der Waals surface area contributed by atoms with Gasteiger partial charge < -0.3 is 9.64 Å². The van der Waals surface area contributed by atoms with Crippen molar-refractivity contribution < 1.29 is 9.53 Å². The molecule has 0 spiro atoms. The highest BCUT2D eigenvalue weighted by molar-refractivity contribution is 7.18. The number of ether oxygens (including phenoxy) is 1. The molecule has 1 heterocycles. The fourth-order valence-electron chi connectivity index (χ4n) is 2.47. The molecule has 130 valence electrons.